The molecule has 0 aliphatic carbocycles. The quantitative estimate of drug-likeness (QED) is 0.177. The van der Waals surface area contributed by atoms with Crippen LogP contribution in [-0.2, 0) is 0 Å². The SMILES string of the molecule is c1ccc(-c2ccc(-c3nc(-c4ccc5c(c4)oc4cc(-n6c7ccccc7c7ccccc76)ccc45)nc(-n4c5ccccc5c5ccccc54)n3)cc2)cc1. The maximum atomic E-state index is 6.68. The van der Waals surface area contributed by atoms with Gasteiger partial charge in [0.05, 0.1) is 22.1 Å². The minimum absolute atomic E-state index is 0.556. The van der Waals surface area contributed by atoms with Gasteiger partial charge in [-0.3, -0.25) is 4.57 Å². The van der Waals surface area contributed by atoms with E-state index in [1.54, 1.807) is 0 Å². The van der Waals surface area contributed by atoms with Crippen LogP contribution in [0.1, 0.15) is 0 Å². The third-order valence-electron chi connectivity index (χ3n) is 11.2. The zero-order valence-electron chi connectivity index (χ0n) is 30.5. The van der Waals surface area contributed by atoms with E-state index in [4.69, 9.17) is 19.4 Å². The highest BCUT2D eigenvalue weighted by molar-refractivity contribution is 6.11. The highest BCUT2D eigenvalue weighted by atomic mass is 16.3. The first-order chi connectivity index (χ1) is 28.2. The molecule has 0 atom stereocenters. The van der Waals surface area contributed by atoms with E-state index < -0.39 is 0 Å². The molecule has 4 aromatic heterocycles. The summed E-state index contributed by atoms with van der Waals surface area (Å²) in [6, 6.07) is 65.6. The lowest BCUT2D eigenvalue weighted by atomic mass is 10.0. The Bertz CT molecular complexity index is 3410. The topological polar surface area (TPSA) is 61.7 Å². The molecule has 6 heteroatoms. The number of para-hydroxylation sites is 4. The number of fused-ring (bicyclic) bond motifs is 9. The van der Waals surface area contributed by atoms with E-state index in [9.17, 15) is 0 Å². The first-order valence-electron chi connectivity index (χ1n) is 19.1. The normalized spacial score (nSPS) is 11.9. The Labute approximate surface area is 326 Å². The van der Waals surface area contributed by atoms with Crippen molar-refractivity contribution in [2.75, 3.05) is 0 Å². The van der Waals surface area contributed by atoms with Crippen molar-refractivity contribution in [3.8, 4) is 45.5 Å². The molecule has 266 valence electrons. The van der Waals surface area contributed by atoms with Crippen molar-refractivity contribution < 1.29 is 4.42 Å². The van der Waals surface area contributed by atoms with Crippen molar-refractivity contribution in [2.24, 2.45) is 0 Å². The molecule has 12 rings (SSSR count). The van der Waals surface area contributed by atoms with Crippen LogP contribution in [0, 0.1) is 0 Å². The summed E-state index contributed by atoms with van der Waals surface area (Å²) < 4.78 is 11.1. The summed E-state index contributed by atoms with van der Waals surface area (Å²) in [5.74, 6) is 1.72. The molecule has 0 fully saturated rings. The number of benzene rings is 8. The van der Waals surface area contributed by atoms with Gasteiger partial charge in [0.25, 0.3) is 0 Å². The van der Waals surface area contributed by atoms with E-state index in [-0.39, 0.29) is 0 Å². The van der Waals surface area contributed by atoms with Gasteiger partial charge in [-0.15, -0.1) is 0 Å². The Morgan fingerprint density at radius 1 is 0.316 bits per heavy atom. The third-order valence-corrected chi connectivity index (χ3v) is 11.2. The van der Waals surface area contributed by atoms with E-state index in [1.807, 2.05) is 6.07 Å². The fourth-order valence-corrected chi connectivity index (χ4v) is 8.55. The van der Waals surface area contributed by atoms with Gasteiger partial charge in [-0.25, -0.2) is 4.98 Å². The first kappa shape index (κ1) is 31.5. The van der Waals surface area contributed by atoms with E-state index in [0.29, 0.717) is 17.6 Å². The molecule has 0 saturated heterocycles. The van der Waals surface area contributed by atoms with Gasteiger partial charge in [-0.05, 0) is 59.7 Å². The highest BCUT2D eigenvalue weighted by Gasteiger charge is 2.19. The summed E-state index contributed by atoms with van der Waals surface area (Å²) in [5, 5.41) is 6.84. The summed E-state index contributed by atoms with van der Waals surface area (Å²) >= 11 is 0. The van der Waals surface area contributed by atoms with E-state index >= 15 is 0 Å². The standard InChI is InChI=1S/C51H31N5O/c1-2-12-32(13-3-1)33-22-24-34(25-23-33)49-52-50(54-51(53-49)56-45-20-10-6-16-39(45)40-17-7-11-21-46(40)56)35-26-28-41-42-29-27-36(31-48(42)57-47(41)30-35)55-43-18-8-4-14-37(43)38-15-5-9-19-44(38)55/h1-31H. The van der Waals surface area contributed by atoms with Crippen molar-refractivity contribution >= 4 is 65.6 Å². The van der Waals surface area contributed by atoms with Gasteiger partial charge in [0, 0.05) is 55.2 Å². The molecule has 0 N–H and O–H groups in total. The van der Waals surface area contributed by atoms with Crippen LogP contribution >= 0.6 is 0 Å². The molecular weight excluding hydrogens is 699 g/mol. The van der Waals surface area contributed by atoms with E-state index in [2.05, 4.69) is 191 Å². The van der Waals surface area contributed by atoms with Gasteiger partial charge in [-0.2, -0.15) is 9.97 Å². The highest BCUT2D eigenvalue weighted by Crippen LogP contribution is 2.37. The second-order valence-electron chi connectivity index (χ2n) is 14.5. The van der Waals surface area contributed by atoms with Crippen molar-refractivity contribution in [1.29, 1.82) is 0 Å². The van der Waals surface area contributed by atoms with E-state index in [1.165, 1.54) is 10.8 Å². The Morgan fingerprint density at radius 3 is 1.35 bits per heavy atom. The molecule has 0 saturated carbocycles. The zero-order valence-corrected chi connectivity index (χ0v) is 30.5. The molecular formula is C51H31N5O. The number of hydrogen-bond acceptors (Lipinski definition) is 4. The predicted molar refractivity (Wildman–Crippen MR) is 232 cm³/mol. The van der Waals surface area contributed by atoms with Gasteiger partial charge < -0.3 is 8.98 Å². The van der Waals surface area contributed by atoms with Crippen LogP contribution < -0.4 is 0 Å². The summed E-state index contributed by atoms with van der Waals surface area (Å²) in [6.45, 7) is 0. The predicted octanol–water partition coefficient (Wildman–Crippen LogP) is 13.0. The van der Waals surface area contributed by atoms with Crippen molar-refractivity contribution in [3.05, 3.63) is 188 Å². The molecule has 0 radical (unpaired) electrons. The molecule has 0 aliphatic rings. The Hall–Kier alpha value is -7.83. The monoisotopic (exact) mass is 729 g/mol. The maximum Gasteiger partial charge on any atom is 0.238 e. The molecule has 12 aromatic rings. The fourth-order valence-electron chi connectivity index (χ4n) is 8.55. The van der Waals surface area contributed by atoms with E-state index in [0.717, 1.165) is 82.7 Å². The zero-order chi connectivity index (χ0) is 37.5. The second-order valence-corrected chi connectivity index (χ2v) is 14.5. The lowest BCUT2D eigenvalue weighted by Gasteiger charge is -2.11. The molecule has 0 spiro atoms. The van der Waals surface area contributed by atoms with Crippen LogP contribution in [0.2, 0.25) is 0 Å². The summed E-state index contributed by atoms with van der Waals surface area (Å²) in [5.41, 5.74) is 11.1. The molecule has 57 heavy (non-hydrogen) atoms. The maximum absolute atomic E-state index is 6.68. The first-order valence-corrected chi connectivity index (χ1v) is 19.1. The van der Waals surface area contributed by atoms with Crippen LogP contribution in [0.5, 0.6) is 0 Å². The lowest BCUT2D eigenvalue weighted by molar-refractivity contribution is 0.668. The van der Waals surface area contributed by atoms with Gasteiger partial charge in [0.1, 0.15) is 11.2 Å². The molecule has 8 aromatic carbocycles. The molecule has 0 aliphatic heterocycles. The number of aromatic nitrogens is 5. The van der Waals surface area contributed by atoms with Crippen LogP contribution in [0.4, 0.5) is 0 Å². The van der Waals surface area contributed by atoms with Crippen LogP contribution in [0.15, 0.2) is 192 Å². The van der Waals surface area contributed by atoms with Crippen molar-refractivity contribution in [1.82, 2.24) is 24.1 Å². The second kappa shape index (κ2) is 12.3. The number of nitrogens with zero attached hydrogens (tertiary/aromatic N) is 5. The number of hydrogen-bond donors (Lipinski definition) is 0. The lowest BCUT2D eigenvalue weighted by Crippen LogP contribution is -2.06. The van der Waals surface area contributed by atoms with Gasteiger partial charge >= 0.3 is 0 Å². The summed E-state index contributed by atoms with van der Waals surface area (Å²) in [6.07, 6.45) is 0. The van der Waals surface area contributed by atoms with Crippen LogP contribution in [-0.4, -0.2) is 24.1 Å². The Morgan fingerprint density at radius 2 is 0.754 bits per heavy atom. The van der Waals surface area contributed by atoms with Gasteiger partial charge in [0.2, 0.25) is 5.95 Å². The molecule has 0 amide bonds. The minimum Gasteiger partial charge on any atom is -0.456 e. The number of rotatable bonds is 5. The van der Waals surface area contributed by atoms with Crippen LogP contribution in [0.25, 0.3) is 111 Å². The minimum atomic E-state index is 0.556. The Kier molecular flexibility index (Phi) is 6.83. The summed E-state index contributed by atoms with van der Waals surface area (Å²) in [4.78, 5) is 15.5. The fraction of sp³-hybridized carbons (Fsp3) is 0. The third kappa shape index (κ3) is 4.94. The molecule has 4 heterocycles. The van der Waals surface area contributed by atoms with Crippen molar-refractivity contribution in [3.63, 3.8) is 0 Å². The average molecular weight is 730 g/mol. The number of furan rings is 1. The largest absolute Gasteiger partial charge is 0.456 e. The molecule has 6 nitrogen and oxygen atoms in total. The van der Waals surface area contributed by atoms with Gasteiger partial charge in [0.15, 0.2) is 11.6 Å². The Balaban J connectivity index is 1.03. The molecule has 0 bridgehead atoms. The summed E-state index contributed by atoms with van der Waals surface area (Å²) in [7, 11) is 0. The smallest absolute Gasteiger partial charge is 0.238 e. The van der Waals surface area contributed by atoms with Crippen LogP contribution in [0.3, 0.4) is 0 Å². The van der Waals surface area contributed by atoms with Gasteiger partial charge in [-0.1, -0.05) is 133 Å². The van der Waals surface area contributed by atoms with Crippen molar-refractivity contribution in [2.45, 2.75) is 0 Å². The molecule has 0 unspecified atom stereocenters. The average Bonchev–Trinajstić information content (AvgIpc) is 3.94.